The molecular weight excluding hydrogens is 368 g/mol. The minimum absolute atomic E-state index is 0.00976. The van der Waals surface area contributed by atoms with Crippen molar-refractivity contribution in [2.24, 2.45) is 0 Å². The molecule has 2 aromatic heterocycles. The molecular formula is C22H26N4O3. The highest BCUT2D eigenvalue weighted by molar-refractivity contribution is 5.95. The zero-order chi connectivity index (χ0) is 21.3. The Morgan fingerprint density at radius 3 is 2.41 bits per heavy atom. The summed E-state index contributed by atoms with van der Waals surface area (Å²) in [5.74, 6) is -1.36. The van der Waals surface area contributed by atoms with Crippen molar-refractivity contribution in [3.8, 4) is 0 Å². The molecule has 0 fully saturated rings. The van der Waals surface area contributed by atoms with Gasteiger partial charge < -0.3 is 10.4 Å². The van der Waals surface area contributed by atoms with Gasteiger partial charge in [-0.3, -0.25) is 9.59 Å². The van der Waals surface area contributed by atoms with Crippen LogP contribution in [0.5, 0.6) is 0 Å². The first-order valence-corrected chi connectivity index (χ1v) is 9.51. The third kappa shape index (κ3) is 4.45. The molecule has 2 N–H and O–H groups in total. The quantitative estimate of drug-likeness (QED) is 0.689. The van der Waals surface area contributed by atoms with E-state index in [4.69, 9.17) is 0 Å². The summed E-state index contributed by atoms with van der Waals surface area (Å²) in [7, 11) is 0. The lowest BCUT2D eigenvalue weighted by Crippen LogP contribution is -2.31. The highest BCUT2D eigenvalue weighted by Crippen LogP contribution is 2.25. The number of carboxylic acids is 1. The van der Waals surface area contributed by atoms with Crippen molar-refractivity contribution in [1.29, 1.82) is 0 Å². The first kappa shape index (κ1) is 20.5. The van der Waals surface area contributed by atoms with E-state index in [1.54, 1.807) is 11.4 Å². The van der Waals surface area contributed by atoms with Crippen LogP contribution in [0.25, 0.3) is 5.65 Å². The summed E-state index contributed by atoms with van der Waals surface area (Å²) >= 11 is 0. The van der Waals surface area contributed by atoms with Crippen molar-refractivity contribution in [1.82, 2.24) is 19.9 Å². The monoisotopic (exact) mass is 394 g/mol. The first-order chi connectivity index (χ1) is 13.6. The van der Waals surface area contributed by atoms with Crippen LogP contribution in [0.2, 0.25) is 0 Å². The standard InChI is InChI=1S/C22H26N4O3/c1-13-10-19-23-12-17(14(2)26(19)25-13)21(29)24-18(11-20(27)28)15-6-8-16(9-7-15)22(3,4)5/h6-10,12,18H,11H2,1-5H3,(H,24,29)(H,27,28). The van der Waals surface area contributed by atoms with Gasteiger partial charge in [-0.1, -0.05) is 45.0 Å². The molecule has 152 valence electrons. The number of carbonyl (C=O) groups excluding carboxylic acids is 1. The Balaban J connectivity index is 1.89. The number of aliphatic carboxylic acids is 1. The lowest BCUT2D eigenvalue weighted by Gasteiger charge is -2.22. The zero-order valence-corrected chi connectivity index (χ0v) is 17.4. The topological polar surface area (TPSA) is 96.6 Å². The second kappa shape index (κ2) is 7.66. The van der Waals surface area contributed by atoms with Crippen molar-refractivity contribution in [2.45, 2.75) is 52.5 Å². The minimum atomic E-state index is -0.983. The fraction of sp³-hybridized carbons (Fsp3) is 0.364. The maximum Gasteiger partial charge on any atom is 0.305 e. The summed E-state index contributed by atoms with van der Waals surface area (Å²) in [6.45, 7) is 9.99. The molecule has 2 heterocycles. The lowest BCUT2D eigenvalue weighted by atomic mass is 9.86. The number of amides is 1. The van der Waals surface area contributed by atoms with E-state index in [2.05, 4.69) is 36.2 Å². The number of hydrogen-bond acceptors (Lipinski definition) is 4. The van der Waals surface area contributed by atoms with E-state index in [0.29, 0.717) is 16.9 Å². The molecule has 0 bridgehead atoms. The third-order valence-electron chi connectivity index (χ3n) is 4.95. The summed E-state index contributed by atoms with van der Waals surface area (Å²) in [5, 5.41) is 16.5. The second-order valence-corrected chi connectivity index (χ2v) is 8.31. The molecule has 0 aliphatic rings. The predicted octanol–water partition coefficient (Wildman–Crippen LogP) is 3.59. The molecule has 3 aromatic rings. The fourth-order valence-electron chi connectivity index (χ4n) is 3.26. The van der Waals surface area contributed by atoms with E-state index in [-0.39, 0.29) is 17.7 Å². The minimum Gasteiger partial charge on any atom is -0.481 e. The molecule has 3 rings (SSSR count). The number of rotatable bonds is 5. The summed E-state index contributed by atoms with van der Waals surface area (Å²) in [4.78, 5) is 28.6. The van der Waals surface area contributed by atoms with E-state index < -0.39 is 12.0 Å². The van der Waals surface area contributed by atoms with E-state index in [1.807, 2.05) is 37.3 Å². The number of fused-ring (bicyclic) bond motifs is 1. The Morgan fingerprint density at radius 2 is 1.83 bits per heavy atom. The van der Waals surface area contributed by atoms with Gasteiger partial charge in [-0.05, 0) is 30.4 Å². The molecule has 1 atom stereocenters. The maximum absolute atomic E-state index is 12.9. The van der Waals surface area contributed by atoms with Gasteiger partial charge >= 0.3 is 5.97 Å². The number of benzene rings is 1. The Hall–Kier alpha value is -3.22. The number of aryl methyl sites for hydroxylation is 2. The molecule has 0 radical (unpaired) electrons. The van der Waals surface area contributed by atoms with E-state index in [0.717, 1.165) is 16.8 Å². The van der Waals surface area contributed by atoms with Crippen LogP contribution in [-0.4, -0.2) is 31.6 Å². The van der Waals surface area contributed by atoms with Gasteiger partial charge in [0.15, 0.2) is 5.65 Å². The average Bonchev–Trinajstić information content (AvgIpc) is 3.02. The van der Waals surface area contributed by atoms with Gasteiger partial charge in [0.05, 0.1) is 29.4 Å². The van der Waals surface area contributed by atoms with Crippen LogP contribution < -0.4 is 5.32 Å². The highest BCUT2D eigenvalue weighted by Gasteiger charge is 2.22. The summed E-state index contributed by atoms with van der Waals surface area (Å²) < 4.78 is 1.62. The molecule has 1 aromatic carbocycles. The smallest absolute Gasteiger partial charge is 0.305 e. The predicted molar refractivity (Wildman–Crippen MR) is 110 cm³/mol. The molecule has 1 unspecified atom stereocenters. The van der Waals surface area contributed by atoms with Crippen LogP contribution >= 0.6 is 0 Å². The Kier molecular flexibility index (Phi) is 5.42. The third-order valence-corrected chi connectivity index (χ3v) is 4.95. The summed E-state index contributed by atoms with van der Waals surface area (Å²) in [6, 6.07) is 8.88. The van der Waals surface area contributed by atoms with Crippen molar-refractivity contribution in [3.63, 3.8) is 0 Å². The van der Waals surface area contributed by atoms with E-state index in [9.17, 15) is 14.7 Å². The van der Waals surface area contributed by atoms with Crippen LogP contribution in [0.15, 0.2) is 36.5 Å². The number of nitrogens with one attached hydrogen (secondary N) is 1. The fourth-order valence-corrected chi connectivity index (χ4v) is 3.26. The lowest BCUT2D eigenvalue weighted by molar-refractivity contribution is -0.137. The number of aromatic nitrogens is 3. The van der Waals surface area contributed by atoms with Gasteiger partial charge in [0.1, 0.15) is 0 Å². The average molecular weight is 394 g/mol. The van der Waals surface area contributed by atoms with E-state index in [1.165, 1.54) is 6.20 Å². The van der Waals surface area contributed by atoms with Gasteiger partial charge in [0, 0.05) is 12.3 Å². The first-order valence-electron chi connectivity index (χ1n) is 9.51. The van der Waals surface area contributed by atoms with Crippen molar-refractivity contribution in [2.75, 3.05) is 0 Å². The van der Waals surface area contributed by atoms with Gasteiger partial charge in [-0.2, -0.15) is 5.10 Å². The number of hydrogen-bond donors (Lipinski definition) is 2. The van der Waals surface area contributed by atoms with Gasteiger partial charge in [0.25, 0.3) is 5.91 Å². The van der Waals surface area contributed by atoms with Crippen molar-refractivity contribution >= 4 is 17.5 Å². The second-order valence-electron chi connectivity index (χ2n) is 8.31. The molecule has 29 heavy (non-hydrogen) atoms. The Morgan fingerprint density at radius 1 is 1.17 bits per heavy atom. The molecule has 0 aliphatic heterocycles. The zero-order valence-electron chi connectivity index (χ0n) is 17.4. The molecule has 7 heteroatoms. The van der Waals surface area contributed by atoms with Crippen LogP contribution in [-0.2, 0) is 10.2 Å². The maximum atomic E-state index is 12.9. The molecule has 1 amide bonds. The normalized spacial score (nSPS) is 12.7. The molecule has 0 saturated carbocycles. The van der Waals surface area contributed by atoms with Crippen molar-refractivity contribution < 1.29 is 14.7 Å². The Labute approximate surface area is 169 Å². The van der Waals surface area contributed by atoms with E-state index >= 15 is 0 Å². The van der Waals surface area contributed by atoms with Crippen LogP contribution in [0.4, 0.5) is 0 Å². The number of carboxylic acid groups (broad SMARTS) is 1. The van der Waals surface area contributed by atoms with Gasteiger partial charge in [0.2, 0.25) is 0 Å². The van der Waals surface area contributed by atoms with Gasteiger partial charge in [-0.15, -0.1) is 0 Å². The largest absolute Gasteiger partial charge is 0.481 e. The molecule has 7 nitrogen and oxygen atoms in total. The van der Waals surface area contributed by atoms with Crippen LogP contribution in [0.1, 0.15) is 66.1 Å². The van der Waals surface area contributed by atoms with Crippen molar-refractivity contribution in [3.05, 3.63) is 64.6 Å². The van der Waals surface area contributed by atoms with Gasteiger partial charge in [-0.25, -0.2) is 9.50 Å². The SMILES string of the molecule is Cc1cc2ncc(C(=O)NC(CC(=O)O)c3ccc(C(C)(C)C)cc3)c(C)n2n1. The highest BCUT2D eigenvalue weighted by atomic mass is 16.4. The van der Waals surface area contributed by atoms with Crippen LogP contribution in [0.3, 0.4) is 0 Å². The summed E-state index contributed by atoms with van der Waals surface area (Å²) in [6.07, 6.45) is 1.29. The molecule has 0 aliphatic carbocycles. The summed E-state index contributed by atoms with van der Waals surface area (Å²) in [5.41, 5.74) is 4.36. The number of carbonyl (C=O) groups is 2. The molecule has 0 spiro atoms. The molecule has 0 saturated heterocycles. The van der Waals surface area contributed by atoms with Crippen LogP contribution in [0, 0.1) is 13.8 Å². The number of nitrogens with zero attached hydrogens (tertiary/aromatic N) is 3. The Bertz CT molecular complexity index is 1060.